The zero-order valence-corrected chi connectivity index (χ0v) is 24.6. The van der Waals surface area contributed by atoms with E-state index in [2.05, 4.69) is 39.5 Å². The second-order valence-electron chi connectivity index (χ2n) is 14.0. The first-order valence-electron chi connectivity index (χ1n) is 14.6. The van der Waals surface area contributed by atoms with Crippen molar-refractivity contribution in [2.75, 3.05) is 32.7 Å². The smallest absolute Gasteiger partial charge is 0.320 e. The molecule has 0 radical (unpaired) electrons. The lowest BCUT2D eigenvalue weighted by Gasteiger charge is -2.44. The molecule has 1 N–H and O–H groups in total. The third-order valence-electron chi connectivity index (χ3n) is 9.63. The molecule has 0 spiro atoms. The second kappa shape index (κ2) is 11.4. The van der Waals surface area contributed by atoms with Gasteiger partial charge in [0.2, 0.25) is 5.91 Å². The number of carbonyl (C=O) groups is 2. The highest BCUT2D eigenvalue weighted by Crippen LogP contribution is 2.41. The van der Waals surface area contributed by atoms with Crippen molar-refractivity contribution < 1.29 is 23.5 Å². The summed E-state index contributed by atoms with van der Waals surface area (Å²) in [5.74, 6) is -2.44. The summed E-state index contributed by atoms with van der Waals surface area (Å²) in [5, 5.41) is 10.1. The average molecular weight is 548 g/mol. The predicted molar refractivity (Wildman–Crippen MR) is 148 cm³/mol. The number of rotatable bonds is 6. The molecule has 4 atom stereocenters. The second-order valence-corrected chi connectivity index (χ2v) is 14.0. The van der Waals surface area contributed by atoms with Crippen LogP contribution in [0, 0.1) is 28.9 Å². The number of benzene rings is 1. The van der Waals surface area contributed by atoms with Crippen LogP contribution in [0.5, 0.6) is 0 Å². The van der Waals surface area contributed by atoms with Crippen molar-refractivity contribution in [2.24, 2.45) is 17.3 Å². The predicted octanol–water partition coefficient (Wildman–Crippen LogP) is 5.37. The number of halogens is 2. The normalized spacial score (nSPS) is 28.0. The van der Waals surface area contributed by atoms with Crippen molar-refractivity contribution in [1.29, 1.82) is 0 Å². The van der Waals surface area contributed by atoms with Gasteiger partial charge < -0.3 is 10.0 Å². The fourth-order valence-corrected chi connectivity index (χ4v) is 6.94. The molecule has 2 saturated heterocycles. The summed E-state index contributed by atoms with van der Waals surface area (Å²) in [4.78, 5) is 32.4. The molecule has 218 valence electrons. The van der Waals surface area contributed by atoms with E-state index in [1.807, 2.05) is 16.7 Å². The van der Waals surface area contributed by atoms with Gasteiger partial charge in [0.05, 0.1) is 5.92 Å². The average Bonchev–Trinajstić information content (AvgIpc) is 3.28. The molecule has 2 heterocycles. The van der Waals surface area contributed by atoms with E-state index in [1.165, 1.54) is 12.1 Å². The summed E-state index contributed by atoms with van der Waals surface area (Å²) in [7, 11) is 0. The van der Waals surface area contributed by atoms with Crippen molar-refractivity contribution in [2.45, 2.75) is 97.2 Å². The van der Waals surface area contributed by atoms with Gasteiger partial charge in [-0.05, 0) is 82.8 Å². The van der Waals surface area contributed by atoms with Crippen LogP contribution in [0.1, 0.15) is 85.1 Å². The molecule has 0 aromatic heterocycles. The third kappa shape index (κ3) is 6.82. The molecule has 4 rings (SSSR count). The van der Waals surface area contributed by atoms with Crippen LogP contribution in [-0.4, -0.2) is 82.0 Å². The Labute approximate surface area is 232 Å². The Hall–Kier alpha value is -2.06. The van der Waals surface area contributed by atoms with E-state index in [4.69, 9.17) is 0 Å². The first-order chi connectivity index (χ1) is 18.2. The molecule has 1 aromatic rings. The molecule has 1 saturated carbocycles. The minimum atomic E-state index is -0.782. The number of hydrogen-bond donors (Lipinski definition) is 1. The highest BCUT2D eigenvalue weighted by Gasteiger charge is 2.46. The molecular formula is C31H47F2N3O3. The van der Waals surface area contributed by atoms with Gasteiger partial charge in [-0.2, -0.15) is 0 Å². The maximum atomic E-state index is 14.9. The molecule has 0 bridgehead atoms. The number of carbonyl (C=O) groups excluding carboxylic acids is 1. The van der Waals surface area contributed by atoms with Gasteiger partial charge >= 0.3 is 5.97 Å². The van der Waals surface area contributed by atoms with Crippen molar-refractivity contribution in [3.8, 4) is 0 Å². The molecule has 3 fully saturated rings. The van der Waals surface area contributed by atoms with E-state index in [0.29, 0.717) is 56.0 Å². The van der Waals surface area contributed by atoms with E-state index in [9.17, 15) is 23.5 Å². The monoisotopic (exact) mass is 547 g/mol. The Kier molecular flexibility index (Phi) is 8.77. The van der Waals surface area contributed by atoms with Gasteiger partial charge in [0, 0.05) is 56.3 Å². The number of carboxylic acids is 1. The van der Waals surface area contributed by atoms with Gasteiger partial charge in [-0.1, -0.05) is 19.9 Å². The van der Waals surface area contributed by atoms with E-state index < -0.39 is 29.6 Å². The molecule has 1 amide bonds. The van der Waals surface area contributed by atoms with Gasteiger partial charge in [0.25, 0.3) is 0 Å². The summed E-state index contributed by atoms with van der Waals surface area (Å²) in [6, 6.07) is 2.95. The summed E-state index contributed by atoms with van der Waals surface area (Å²) >= 11 is 0. The van der Waals surface area contributed by atoms with Crippen LogP contribution in [0.4, 0.5) is 8.78 Å². The van der Waals surface area contributed by atoms with Gasteiger partial charge in [0.1, 0.15) is 17.7 Å². The molecule has 1 aliphatic carbocycles. The summed E-state index contributed by atoms with van der Waals surface area (Å²) in [6.07, 6.45) is 5.05. The number of carboxylic acid groups (broad SMARTS) is 1. The van der Waals surface area contributed by atoms with Crippen molar-refractivity contribution in [3.05, 3.63) is 35.4 Å². The highest BCUT2D eigenvalue weighted by atomic mass is 19.1. The fraction of sp³-hybridized carbons (Fsp3) is 0.742. The highest BCUT2D eigenvalue weighted by molar-refractivity contribution is 5.81. The molecule has 0 unspecified atom stereocenters. The largest absolute Gasteiger partial charge is 0.480 e. The molecule has 39 heavy (non-hydrogen) atoms. The molecule has 1 aromatic carbocycles. The van der Waals surface area contributed by atoms with Crippen molar-refractivity contribution in [3.63, 3.8) is 0 Å². The zero-order valence-electron chi connectivity index (χ0n) is 24.6. The van der Waals surface area contributed by atoms with Crippen LogP contribution in [0.25, 0.3) is 0 Å². The molecule has 3 aliphatic rings. The summed E-state index contributed by atoms with van der Waals surface area (Å²) < 4.78 is 28.6. The maximum absolute atomic E-state index is 14.9. The molecule has 8 heteroatoms. The van der Waals surface area contributed by atoms with Crippen LogP contribution < -0.4 is 0 Å². The standard InChI is InChI=1S/C31H47F2N3O3/c1-20-17-34(27(29(38)39)15-21-9-11-31(5,6)12-10-21)13-14-36(20)28(37)25-19-35(30(2,3)4)18-24(25)23-8-7-22(32)16-26(23)33/h7-8,16,20-21,24-25,27H,9-15,17-19H2,1-6H3,(H,38,39)/t20-,24-,25+,27-/m0/s1. The quantitative estimate of drug-likeness (QED) is 0.519. The van der Waals surface area contributed by atoms with Crippen LogP contribution in [0.15, 0.2) is 18.2 Å². The number of amides is 1. The van der Waals surface area contributed by atoms with Crippen LogP contribution in [0.2, 0.25) is 0 Å². The minimum absolute atomic E-state index is 0.0241. The van der Waals surface area contributed by atoms with Crippen molar-refractivity contribution >= 4 is 11.9 Å². The molecule has 2 aliphatic heterocycles. The maximum Gasteiger partial charge on any atom is 0.320 e. The van der Waals surface area contributed by atoms with Gasteiger partial charge in [-0.3, -0.25) is 19.4 Å². The summed E-state index contributed by atoms with van der Waals surface area (Å²) in [6.45, 7) is 15.3. The van der Waals surface area contributed by atoms with Crippen LogP contribution in [0.3, 0.4) is 0 Å². The number of hydrogen-bond acceptors (Lipinski definition) is 4. The Bertz CT molecular complexity index is 1050. The molecular weight excluding hydrogens is 500 g/mol. The van der Waals surface area contributed by atoms with Crippen LogP contribution >= 0.6 is 0 Å². The first kappa shape index (κ1) is 29.9. The number of likely N-dealkylation sites (tertiary alicyclic amines) is 1. The van der Waals surface area contributed by atoms with Gasteiger partial charge in [-0.25, -0.2) is 8.78 Å². The van der Waals surface area contributed by atoms with Gasteiger partial charge in [0.15, 0.2) is 0 Å². The Morgan fingerprint density at radius 1 is 1.08 bits per heavy atom. The lowest BCUT2D eigenvalue weighted by Crippen LogP contribution is -2.59. The molecule has 6 nitrogen and oxygen atoms in total. The van der Waals surface area contributed by atoms with Crippen molar-refractivity contribution in [1.82, 2.24) is 14.7 Å². The number of nitrogens with zero attached hydrogens (tertiary/aromatic N) is 3. The van der Waals surface area contributed by atoms with E-state index in [1.54, 1.807) is 0 Å². The van der Waals surface area contributed by atoms with E-state index in [0.717, 1.165) is 31.7 Å². The topological polar surface area (TPSA) is 64.1 Å². The summed E-state index contributed by atoms with van der Waals surface area (Å²) in [5.41, 5.74) is 0.527. The minimum Gasteiger partial charge on any atom is -0.480 e. The lowest BCUT2D eigenvalue weighted by molar-refractivity contribution is -0.148. The zero-order chi connectivity index (χ0) is 28.7. The third-order valence-corrected chi connectivity index (χ3v) is 9.63. The van der Waals surface area contributed by atoms with Crippen LogP contribution in [-0.2, 0) is 9.59 Å². The fourth-order valence-electron chi connectivity index (χ4n) is 6.94. The Morgan fingerprint density at radius 3 is 2.31 bits per heavy atom. The number of aliphatic carboxylic acids is 1. The Morgan fingerprint density at radius 2 is 1.74 bits per heavy atom. The lowest BCUT2D eigenvalue weighted by atomic mass is 9.71. The van der Waals surface area contributed by atoms with E-state index >= 15 is 0 Å². The van der Waals surface area contributed by atoms with E-state index in [-0.39, 0.29) is 23.4 Å². The Balaban J connectivity index is 1.46. The first-order valence-corrected chi connectivity index (χ1v) is 14.6. The number of piperazine rings is 1. The van der Waals surface area contributed by atoms with Gasteiger partial charge in [-0.15, -0.1) is 0 Å². The SMILES string of the molecule is C[C@H]1CN([C@@H](CC2CCC(C)(C)CC2)C(=O)O)CCN1C(=O)[C@@H]1CN(C(C)(C)C)C[C@H]1c1ccc(F)cc1F.